The first kappa shape index (κ1) is 16.1. The molecule has 2 aliphatic heterocycles. The van der Waals surface area contributed by atoms with Gasteiger partial charge in [0.1, 0.15) is 12.4 Å². The maximum atomic E-state index is 12.4. The van der Waals surface area contributed by atoms with Crippen molar-refractivity contribution >= 4 is 6.03 Å². The van der Waals surface area contributed by atoms with E-state index in [1.54, 1.807) is 4.90 Å². The van der Waals surface area contributed by atoms with Gasteiger partial charge in [0.25, 0.3) is 0 Å². The van der Waals surface area contributed by atoms with Gasteiger partial charge in [-0.3, -0.25) is 0 Å². The molecular formula is C18H27N3O2. The van der Waals surface area contributed by atoms with Crippen LogP contribution in [-0.4, -0.2) is 55.7 Å². The monoisotopic (exact) mass is 317 g/mol. The lowest BCUT2D eigenvalue weighted by molar-refractivity contribution is 0.158. The molecule has 2 unspecified atom stereocenters. The first-order valence-corrected chi connectivity index (χ1v) is 8.59. The van der Waals surface area contributed by atoms with Crippen molar-refractivity contribution in [2.75, 3.05) is 33.8 Å². The number of likely N-dealkylation sites (tertiary alicyclic amines) is 1. The number of hydrogen-bond donors (Lipinski definition) is 1. The van der Waals surface area contributed by atoms with Gasteiger partial charge in [0.15, 0.2) is 0 Å². The van der Waals surface area contributed by atoms with Gasteiger partial charge < -0.3 is 19.9 Å². The third-order valence-corrected chi connectivity index (χ3v) is 5.06. The van der Waals surface area contributed by atoms with E-state index in [-0.39, 0.29) is 12.1 Å². The van der Waals surface area contributed by atoms with Crippen LogP contribution in [0.2, 0.25) is 0 Å². The average Bonchev–Trinajstić information content (AvgIpc) is 2.97. The van der Waals surface area contributed by atoms with Gasteiger partial charge in [0, 0.05) is 25.2 Å². The first-order chi connectivity index (χ1) is 11.1. The smallest absolute Gasteiger partial charge is 0.317 e. The van der Waals surface area contributed by atoms with E-state index in [0.717, 1.165) is 24.3 Å². The molecule has 0 radical (unpaired) electrons. The van der Waals surface area contributed by atoms with Gasteiger partial charge >= 0.3 is 6.03 Å². The molecule has 1 aromatic carbocycles. The Morgan fingerprint density at radius 2 is 2.22 bits per heavy atom. The van der Waals surface area contributed by atoms with Crippen LogP contribution in [0.5, 0.6) is 5.75 Å². The molecule has 3 rings (SSSR count). The molecule has 0 bridgehead atoms. The molecule has 1 N–H and O–H groups in total. The number of carbonyl (C=O) groups is 1. The van der Waals surface area contributed by atoms with E-state index in [1.807, 2.05) is 31.3 Å². The molecule has 0 aromatic heterocycles. The lowest BCUT2D eigenvalue weighted by Crippen LogP contribution is -2.43. The highest BCUT2D eigenvalue weighted by Crippen LogP contribution is 2.31. The maximum absolute atomic E-state index is 12.4. The number of fused-ring (bicyclic) bond motifs is 1. The highest BCUT2D eigenvalue weighted by molar-refractivity contribution is 5.74. The first-order valence-electron chi connectivity index (χ1n) is 8.59. The molecule has 2 amide bonds. The van der Waals surface area contributed by atoms with E-state index in [2.05, 4.69) is 17.3 Å². The molecule has 1 aromatic rings. The summed E-state index contributed by atoms with van der Waals surface area (Å²) in [6.45, 7) is 2.48. The average molecular weight is 317 g/mol. The Balaban J connectivity index is 1.48. The van der Waals surface area contributed by atoms with Gasteiger partial charge in [-0.25, -0.2) is 4.79 Å². The molecule has 2 heterocycles. The van der Waals surface area contributed by atoms with Crippen molar-refractivity contribution in [3.05, 3.63) is 29.8 Å². The Kier molecular flexibility index (Phi) is 5.06. The molecule has 23 heavy (non-hydrogen) atoms. The molecule has 0 spiro atoms. The summed E-state index contributed by atoms with van der Waals surface area (Å²) in [6, 6.07) is 8.45. The van der Waals surface area contributed by atoms with Crippen molar-refractivity contribution in [3.8, 4) is 5.75 Å². The summed E-state index contributed by atoms with van der Waals surface area (Å²) in [5, 5.41) is 3.08. The Morgan fingerprint density at radius 3 is 3.04 bits per heavy atom. The zero-order valence-electron chi connectivity index (χ0n) is 14.1. The number of nitrogens with zero attached hydrogens (tertiary/aromatic N) is 2. The van der Waals surface area contributed by atoms with Crippen molar-refractivity contribution in [1.82, 2.24) is 15.1 Å². The molecule has 2 aliphatic rings. The number of para-hydroxylation sites is 1. The number of carbonyl (C=O) groups excluding carboxylic acids is 1. The molecule has 1 fully saturated rings. The zero-order valence-corrected chi connectivity index (χ0v) is 14.1. The Labute approximate surface area is 138 Å². The van der Waals surface area contributed by atoms with Crippen LogP contribution in [0.15, 0.2) is 24.3 Å². The SMILES string of the molecule is CN(CCC1CCCCN1C)C(=O)NC1COc2ccccc21. The lowest BCUT2D eigenvalue weighted by atomic mass is 10.00. The van der Waals surface area contributed by atoms with Crippen LogP contribution < -0.4 is 10.1 Å². The summed E-state index contributed by atoms with van der Waals surface area (Å²) in [4.78, 5) is 16.6. The summed E-state index contributed by atoms with van der Waals surface area (Å²) in [6.07, 6.45) is 4.89. The van der Waals surface area contributed by atoms with E-state index in [4.69, 9.17) is 4.74 Å². The number of nitrogens with one attached hydrogen (secondary N) is 1. The minimum atomic E-state index is -0.0431. The van der Waals surface area contributed by atoms with Crippen molar-refractivity contribution in [2.45, 2.75) is 37.8 Å². The largest absolute Gasteiger partial charge is 0.491 e. The predicted octanol–water partition coefficient (Wildman–Crippen LogP) is 2.64. The van der Waals surface area contributed by atoms with Crippen molar-refractivity contribution < 1.29 is 9.53 Å². The van der Waals surface area contributed by atoms with Crippen molar-refractivity contribution in [3.63, 3.8) is 0 Å². The topological polar surface area (TPSA) is 44.8 Å². The third-order valence-electron chi connectivity index (χ3n) is 5.06. The number of rotatable bonds is 4. The van der Waals surface area contributed by atoms with E-state index in [1.165, 1.54) is 25.8 Å². The maximum Gasteiger partial charge on any atom is 0.317 e. The standard InChI is InChI=1S/C18H27N3O2/c1-20-11-6-5-7-14(20)10-12-21(2)18(22)19-16-13-23-17-9-4-3-8-15(16)17/h3-4,8-9,14,16H,5-7,10-13H2,1-2H3,(H,19,22). The molecule has 126 valence electrons. The highest BCUT2D eigenvalue weighted by Gasteiger charge is 2.26. The van der Waals surface area contributed by atoms with Gasteiger partial charge in [-0.05, 0) is 38.9 Å². The quantitative estimate of drug-likeness (QED) is 0.928. The summed E-state index contributed by atoms with van der Waals surface area (Å²) >= 11 is 0. The molecule has 1 saturated heterocycles. The third kappa shape index (κ3) is 3.78. The van der Waals surface area contributed by atoms with Crippen molar-refractivity contribution in [1.29, 1.82) is 0 Å². The number of piperidine rings is 1. The highest BCUT2D eigenvalue weighted by atomic mass is 16.5. The molecule has 0 aliphatic carbocycles. The minimum Gasteiger partial charge on any atom is -0.491 e. The second-order valence-corrected chi connectivity index (χ2v) is 6.69. The van der Waals surface area contributed by atoms with Crippen LogP contribution >= 0.6 is 0 Å². The van der Waals surface area contributed by atoms with Crippen LogP contribution in [0.25, 0.3) is 0 Å². The van der Waals surface area contributed by atoms with E-state index >= 15 is 0 Å². The fourth-order valence-corrected chi connectivity index (χ4v) is 3.49. The fourth-order valence-electron chi connectivity index (χ4n) is 3.49. The second-order valence-electron chi connectivity index (χ2n) is 6.69. The summed E-state index contributed by atoms with van der Waals surface area (Å²) in [5.74, 6) is 0.879. The minimum absolute atomic E-state index is 0.0197. The second kappa shape index (κ2) is 7.21. The van der Waals surface area contributed by atoms with Crippen LogP contribution in [0.1, 0.15) is 37.3 Å². The summed E-state index contributed by atoms with van der Waals surface area (Å²) < 4.78 is 5.62. The normalized spacial score (nSPS) is 23.9. The number of hydrogen-bond acceptors (Lipinski definition) is 3. The lowest BCUT2D eigenvalue weighted by Gasteiger charge is -2.33. The number of ether oxygens (including phenoxy) is 1. The molecule has 5 nitrogen and oxygen atoms in total. The van der Waals surface area contributed by atoms with E-state index < -0.39 is 0 Å². The predicted molar refractivity (Wildman–Crippen MR) is 90.7 cm³/mol. The Morgan fingerprint density at radius 1 is 1.39 bits per heavy atom. The van der Waals surface area contributed by atoms with Crippen LogP contribution in [0.4, 0.5) is 4.79 Å². The number of urea groups is 1. The zero-order chi connectivity index (χ0) is 16.2. The van der Waals surface area contributed by atoms with Gasteiger partial charge in [0.05, 0.1) is 6.04 Å². The van der Waals surface area contributed by atoms with Crippen LogP contribution in [0.3, 0.4) is 0 Å². The molecule has 2 atom stereocenters. The van der Waals surface area contributed by atoms with Crippen molar-refractivity contribution in [2.24, 2.45) is 0 Å². The number of amides is 2. The summed E-state index contributed by atoms with van der Waals surface area (Å²) in [5.41, 5.74) is 1.07. The fraction of sp³-hybridized carbons (Fsp3) is 0.611. The Hall–Kier alpha value is -1.75. The van der Waals surface area contributed by atoms with E-state index in [9.17, 15) is 4.79 Å². The number of benzene rings is 1. The summed E-state index contributed by atoms with van der Waals surface area (Å²) in [7, 11) is 4.07. The van der Waals surface area contributed by atoms with Gasteiger partial charge in [-0.1, -0.05) is 24.6 Å². The van der Waals surface area contributed by atoms with Crippen LogP contribution in [-0.2, 0) is 0 Å². The van der Waals surface area contributed by atoms with Gasteiger partial charge in [-0.15, -0.1) is 0 Å². The Bertz CT molecular complexity index is 549. The molecule has 5 heteroatoms. The molecular weight excluding hydrogens is 290 g/mol. The van der Waals surface area contributed by atoms with Gasteiger partial charge in [0.2, 0.25) is 0 Å². The van der Waals surface area contributed by atoms with E-state index in [0.29, 0.717) is 12.6 Å². The molecule has 0 saturated carbocycles. The van der Waals surface area contributed by atoms with Gasteiger partial charge in [-0.2, -0.15) is 0 Å². The van der Waals surface area contributed by atoms with Crippen LogP contribution in [0, 0.1) is 0 Å².